The van der Waals surface area contributed by atoms with Crippen molar-refractivity contribution in [1.29, 1.82) is 0 Å². The Morgan fingerprint density at radius 1 is 1.50 bits per heavy atom. The first-order chi connectivity index (χ1) is 6.61. The second-order valence-corrected chi connectivity index (χ2v) is 3.32. The van der Waals surface area contributed by atoms with Gasteiger partial charge < -0.3 is 5.32 Å². The van der Waals surface area contributed by atoms with E-state index in [1.165, 1.54) is 18.2 Å². The van der Waals surface area contributed by atoms with Crippen LogP contribution in [0.2, 0.25) is 10.3 Å². The van der Waals surface area contributed by atoms with E-state index >= 15 is 0 Å². The number of amides is 1. The van der Waals surface area contributed by atoms with Gasteiger partial charge in [-0.3, -0.25) is 4.79 Å². The second kappa shape index (κ2) is 4.98. The Morgan fingerprint density at radius 2 is 2.07 bits per heavy atom. The molecule has 1 aromatic rings. The van der Waals surface area contributed by atoms with Crippen molar-refractivity contribution in [3.05, 3.63) is 35.1 Å². The highest BCUT2D eigenvalue weighted by molar-refractivity contribution is 6.32. The summed E-state index contributed by atoms with van der Waals surface area (Å²) >= 11 is 11.3. The van der Waals surface area contributed by atoms with Gasteiger partial charge in [-0.1, -0.05) is 29.3 Å². The van der Waals surface area contributed by atoms with Gasteiger partial charge in [-0.15, -0.1) is 6.58 Å². The van der Waals surface area contributed by atoms with Crippen LogP contribution in [0.5, 0.6) is 0 Å². The van der Waals surface area contributed by atoms with E-state index in [0.717, 1.165) is 0 Å². The molecule has 1 N–H and O–H groups in total. The fraction of sp³-hybridized carbons (Fsp3) is 0.111. The minimum atomic E-state index is -0.168. The summed E-state index contributed by atoms with van der Waals surface area (Å²) in [7, 11) is 0. The van der Waals surface area contributed by atoms with Crippen LogP contribution >= 0.6 is 23.2 Å². The first kappa shape index (κ1) is 11.0. The van der Waals surface area contributed by atoms with E-state index in [-0.39, 0.29) is 22.6 Å². The molecular formula is C9H8Cl2N2O. The van der Waals surface area contributed by atoms with Crippen LogP contribution in [0.1, 0.15) is 6.42 Å². The molecule has 0 bridgehead atoms. The number of anilines is 1. The fourth-order valence-corrected chi connectivity index (χ4v) is 1.34. The van der Waals surface area contributed by atoms with Crippen molar-refractivity contribution in [2.75, 3.05) is 5.32 Å². The van der Waals surface area contributed by atoms with E-state index in [4.69, 9.17) is 23.2 Å². The maximum Gasteiger partial charge on any atom is 0.228 e. The lowest BCUT2D eigenvalue weighted by atomic mass is 10.3. The molecule has 1 amide bonds. The Balaban J connectivity index is 2.76. The number of carbonyl (C=O) groups excluding carboxylic acids is 1. The predicted octanol–water partition coefficient (Wildman–Crippen LogP) is 2.90. The number of hydrogen-bond donors (Lipinski definition) is 1. The normalized spacial score (nSPS) is 9.57. The van der Waals surface area contributed by atoms with Gasteiger partial charge in [-0.25, -0.2) is 4.98 Å². The van der Waals surface area contributed by atoms with Gasteiger partial charge in [0.15, 0.2) is 0 Å². The Bertz CT molecular complexity index is 346. The fourth-order valence-electron chi connectivity index (χ4n) is 0.880. The Labute approximate surface area is 91.7 Å². The molecule has 1 rings (SSSR count). The number of carbonyl (C=O) groups is 1. The van der Waals surface area contributed by atoms with Gasteiger partial charge >= 0.3 is 0 Å². The van der Waals surface area contributed by atoms with Crippen LogP contribution in [0.3, 0.4) is 0 Å². The largest absolute Gasteiger partial charge is 0.326 e. The summed E-state index contributed by atoms with van der Waals surface area (Å²) in [4.78, 5) is 14.9. The van der Waals surface area contributed by atoms with Crippen molar-refractivity contribution < 1.29 is 4.79 Å². The summed E-state index contributed by atoms with van der Waals surface area (Å²) in [6.07, 6.45) is 1.76. The van der Waals surface area contributed by atoms with E-state index in [0.29, 0.717) is 5.69 Å². The average molecular weight is 231 g/mol. The van der Waals surface area contributed by atoms with Gasteiger partial charge in [0.2, 0.25) is 5.91 Å². The topological polar surface area (TPSA) is 42.0 Å². The summed E-state index contributed by atoms with van der Waals surface area (Å²) in [5.41, 5.74) is 0.529. The van der Waals surface area contributed by atoms with Gasteiger partial charge in [-0.2, -0.15) is 0 Å². The molecule has 0 fully saturated rings. The number of nitrogens with zero attached hydrogens (tertiary/aromatic N) is 1. The Morgan fingerprint density at radius 3 is 2.57 bits per heavy atom. The number of aromatic nitrogens is 1. The highest BCUT2D eigenvalue weighted by atomic mass is 35.5. The van der Waals surface area contributed by atoms with Crippen LogP contribution in [0, 0.1) is 0 Å². The zero-order valence-electron chi connectivity index (χ0n) is 7.26. The van der Waals surface area contributed by atoms with Gasteiger partial charge in [-0.05, 0) is 12.1 Å². The highest BCUT2D eigenvalue weighted by Gasteiger charge is 2.02. The van der Waals surface area contributed by atoms with E-state index in [1.807, 2.05) is 0 Å². The zero-order chi connectivity index (χ0) is 10.6. The first-order valence-corrected chi connectivity index (χ1v) is 4.61. The van der Waals surface area contributed by atoms with E-state index < -0.39 is 0 Å². The maximum atomic E-state index is 11.1. The Kier molecular flexibility index (Phi) is 3.92. The summed E-state index contributed by atoms with van der Waals surface area (Å²) in [5, 5.41) is 3.09. The smallest absolute Gasteiger partial charge is 0.228 e. The molecule has 14 heavy (non-hydrogen) atoms. The van der Waals surface area contributed by atoms with Crippen LogP contribution in [-0.4, -0.2) is 10.9 Å². The average Bonchev–Trinajstić information content (AvgIpc) is 2.01. The number of halogens is 2. The molecule has 0 aliphatic heterocycles. The second-order valence-electron chi connectivity index (χ2n) is 2.54. The van der Waals surface area contributed by atoms with Gasteiger partial charge in [0.05, 0.1) is 0 Å². The summed E-state index contributed by atoms with van der Waals surface area (Å²) < 4.78 is 0. The minimum Gasteiger partial charge on any atom is -0.326 e. The SMILES string of the molecule is C=CCC(=O)Nc1cc(Cl)nc(Cl)c1. The third-order valence-corrected chi connectivity index (χ3v) is 1.76. The summed E-state index contributed by atoms with van der Waals surface area (Å²) in [6, 6.07) is 3.04. The summed E-state index contributed by atoms with van der Waals surface area (Å²) in [6.45, 7) is 3.45. The summed E-state index contributed by atoms with van der Waals surface area (Å²) in [5.74, 6) is -0.168. The molecule has 3 nitrogen and oxygen atoms in total. The Hall–Kier alpha value is -1.06. The number of hydrogen-bond acceptors (Lipinski definition) is 2. The van der Waals surface area contributed by atoms with Crippen molar-refractivity contribution in [3.63, 3.8) is 0 Å². The van der Waals surface area contributed by atoms with Crippen molar-refractivity contribution in [3.8, 4) is 0 Å². The highest BCUT2D eigenvalue weighted by Crippen LogP contribution is 2.18. The number of rotatable bonds is 3. The molecule has 0 saturated heterocycles. The molecule has 0 spiro atoms. The molecule has 74 valence electrons. The molecule has 0 atom stereocenters. The van der Waals surface area contributed by atoms with E-state index in [9.17, 15) is 4.79 Å². The lowest BCUT2D eigenvalue weighted by Gasteiger charge is -2.03. The maximum absolute atomic E-state index is 11.1. The molecule has 0 unspecified atom stereocenters. The monoisotopic (exact) mass is 230 g/mol. The van der Waals surface area contributed by atoms with Gasteiger partial charge in [0, 0.05) is 12.1 Å². The molecule has 0 aliphatic rings. The molecule has 0 aromatic carbocycles. The standard InChI is InChI=1S/C9H8Cl2N2O/c1-2-3-9(14)12-6-4-7(10)13-8(11)5-6/h2,4-5H,1,3H2,(H,12,13,14). The van der Waals surface area contributed by atoms with Crippen molar-refractivity contribution in [2.45, 2.75) is 6.42 Å². The molecule has 1 aromatic heterocycles. The van der Waals surface area contributed by atoms with Crippen molar-refractivity contribution >= 4 is 34.8 Å². The van der Waals surface area contributed by atoms with Crippen LogP contribution in [-0.2, 0) is 4.79 Å². The molecule has 0 saturated carbocycles. The number of pyridine rings is 1. The van der Waals surface area contributed by atoms with E-state index in [2.05, 4.69) is 16.9 Å². The van der Waals surface area contributed by atoms with Crippen LogP contribution in [0.4, 0.5) is 5.69 Å². The third kappa shape index (κ3) is 3.36. The van der Waals surface area contributed by atoms with Crippen LogP contribution < -0.4 is 5.32 Å². The molecule has 1 heterocycles. The van der Waals surface area contributed by atoms with E-state index in [1.54, 1.807) is 0 Å². The molecule has 0 aliphatic carbocycles. The quantitative estimate of drug-likeness (QED) is 0.641. The van der Waals surface area contributed by atoms with Crippen LogP contribution in [0.15, 0.2) is 24.8 Å². The molecule has 0 radical (unpaired) electrons. The zero-order valence-corrected chi connectivity index (χ0v) is 8.77. The van der Waals surface area contributed by atoms with Crippen molar-refractivity contribution in [2.24, 2.45) is 0 Å². The molecular weight excluding hydrogens is 223 g/mol. The predicted molar refractivity (Wildman–Crippen MR) is 57.7 cm³/mol. The van der Waals surface area contributed by atoms with Crippen molar-refractivity contribution in [1.82, 2.24) is 4.98 Å². The van der Waals surface area contributed by atoms with Crippen LogP contribution in [0.25, 0.3) is 0 Å². The lowest BCUT2D eigenvalue weighted by molar-refractivity contribution is -0.115. The first-order valence-electron chi connectivity index (χ1n) is 3.85. The van der Waals surface area contributed by atoms with Gasteiger partial charge in [0.25, 0.3) is 0 Å². The minimum absolute atomic E-state index is 0.168. The number of nitrogens with one attached hydrogen (secondary N) is 1. The van der Waals surface area contributed by atoms with Gasteiger partial charge in [0.1, 0.15) is 10.3 Å². The lowest BCUT2D eigenvalue weighted by Crippen LogP contribution is -2.09. The third-order valence-electron chi connectivity index (χ3n) is 1.38. The molecule has 5 heteroatoms.